The molecule has 0 spiro atoms. The highest BCUT2D eigenvalue weighted by molar-refractivity contribution is 6.43. The molecule has 1 aromatic carbocycles. The Kier molecular flexibility index (Phi) is 4.69. The fourth-order valence-corrected chi connectivity index (χ4v) is 3.97. The lowest BCUT2D eigenvalue weighted by Crippen LogP contribution is -2.33. The van der Waals surface area contributed by atoms with Gasteiger partial charge in [0, 0.05) is 5.39 Å². The van der Waals surface area contributed by atoms with E-state index < -0.39 is 31.1 Å². The van der Waals surface area contributed by atoms with Crippen molar-refractivity contribution in [3.8, 4) is 11.3 Å². The molecule has 26 heavy (non-hydrogen) atoms. The van der Waals surface area contributed by atoms with Gasteiger partial charge in [-0.1, -0.05) is 34.8 Å². The number of halogens is 3. The first-order valence-corrected chi connectivity index (χ1v) is 8.92. The molecule has 3 heterocycles. The third-order valence-corrected chi connectivity index (χ3v) is 5.62. The number of rotatable bonds is 3. The van der Waals surface area contributed by atoms with E-state index in [4.69, 9.17) is 44.0 Å². The van der Waals surface area contributed by atoms with E-state index in [1.165, 1.54) is 10.8 Å². The molecule has 1 fully saturated rings. The van der Waals surface area contributed by atoms with E-state index in [9.17, 15) is 15.3 Å². The van der Waals surface area contributed by atoms with Crippen LogP contribution in [-0.2, 0) is 4.74 Å². The summed E-state index contributed by atoms with van der Waals surface area (Å²) in [6, 6.07) is 6.72. The average Bonchev–Trinajstić information content (AvgIpc) is 3.29. The molecular formula is C17H14Cl3NO5. The van der Waals surface area contributed by atoms with E-state index in [0.717, 1.165) is 0 Å². The molecule has 0 unspecified atom stereocenters. The minimum atomic E-state index is -1.29. The summed E-state index contributed by atoms with van der Waals surface area (Å²) in [6.07, 6.45) is -2.98. The number of benzene rings is 1. The first-order valence-electron chi connectivity index (χ1n) is 7.78. The number of hydrogen-bond donors (Lipinski definition) is 3. The van der Waals surface area contributed by atoms with E-state index in [2.05, 4.69) is 0 Å². The van der Waals surface area contributed by atoms with Crippen molar-refractivity contribution < 1.29 is 24.5 Å². The third-order valence-electron chi connectivity index (χ3n) is 4.52. The number of aliphatic hydroxyl groups is 3. The first kappa shape index (κ1) is 18.1. The maximum absolute atomic E-state index is 10.4. The van der Waals surface area contributed by atoms with Crippen molar-refractivity contribution in [2.45, 2.75) is 24.5 Å². The van der Waals surface area contributed by atoms with E-state index in [0.29, 0.717) is 32.3 Å². The third kappa shape index (κ3) is 2.65. The van der Waals surface area contributed by atoms with E-state index in [-0.39, 0.29) is 5.15 Å². The van der Waals surface area contributed by atoms with Gasteiger partial charge in [-0.05, 0) is 24.3 Å². The summed E-state index contributed by atoms with van der Waals surface area (Å²) in [4.78, 5) is 0. The van der Waals surface area contributed by atoms with Crippen LogP contribution in [0, 0.1) is 0 Å². The SMILES string of the molecule is OC[C@H]1O[C@@H](n2c(Cl)c(-c3ccco3)c3cc(Cl)c(Cl)cc32)[C@H](O)[C@@H]1O. The summed E-state index contributed by atoms with van der Waals surface area (Å²) in [6.45, 7) is -0.441. The van der Waals surface area contributed by atoms with Crippen molar-refractivity contribution >= 4 is 45.7 Å². The minimum Gasteiger partial charge on any atom is -0.464 e. The van der Waals surface area contributed by atoms with Crippen LogP contribution < -0.4 is 0 Å². The number of fused-ring (bicyclic) bond motifs is 1. The Morgan fingerprint density at radius 2 is 1.81 bits per heavy atom. The molecule has 0 bridgehead atoms. The molecule has 1 aliphatic heterocycles. The molecule has 1 aliphatic rings. The molecule has 0 saturated carbocycles. The number of ether oxygens (including phenoxy) is 1. The van der Waals surface area contributed by atoms with Crippen LogP contribution in [-0.4, -0.2) is 44.8 Å². The standard InChI is InChI=1S/C17H14Cl3NO5/c18-8-4-7-10(5-9(8)19)21(16(20)13(7)11-2-1-3-25-11)17-15(24)14(23)12(6-22)26-17/h1-5,12,14-15,17,22-24H,6H2/t12-,14-,15-,17-/m1/s1. The molecule has 3 aromatic rings. The molecule has 4 rings (SSSR count). The summed E-state index contributed by atoms with van der Waals surface area (Å²) >= 11 is 19.0. The highest BCUT2D eigenvalue weighted by Crippen LogP contribution is 2.45. The van der Waals surface area contributed by atoms with Gasteiger partial charge in [0.05, 0.1) is 34.0 Å². The normalized spacial score (nSPS) is 26.1. The van der Waals surface area contributed by atoms with Crippen molar-refractivity contribution in [2.24, 2.45) is 0 Å². The molecule has 1 saturated heterocycles. The second-order valence-corrected chi connectivity index (χ2v) is 7.20. The molecule has 6 nitrogen and oxygen atoms in total. The largest absolute Gasteiger partial charge is 0.464 e. The van der Waals surface area contributed by atoms with Crippen molar-refractivity contribution in [2.75, 3.05) is 6.61 Å². The van der Waals surface area contributed by atoms with Gasteiger partial charge >= 0.3 is 0 Å². The maximum Gasteiger partial charge on any atom is 0.164 e. The number of aromatic nitrogens is 1. The summed E-state index contributed by atoms with van der Waals surface area (Å²) < 4.78 is 12.6. The van der Waals surface area contributed by atoms with Crippen LogP contribution in [0.25, 0.3) is 22.2 Å². The topological polar surface area (TPSA) is 88.0 Å². The van der Waals surface area contributed by atoms with Gasteiger partial charge in [0.25, 0.3) is 0 Å². The molecule has 138 valence electrons. The lowest BCUT2D eigenvalue weighted by atomic mass is 10.1. The van der Waals surface area contributed by atoms with Gasteiger partial charge in [0.1, 0.15) is 29.2 Å². The van der Waals surface area contributed by atoms with Gasteiger partial charge in [0.2, 0.25) is 0 Å². The minimum absolute atomic E-state index is 0.225. The summed E-state index contributed by atoms with van der Waals surface area (Å²) in [5.41, 5.74) is 1.11. The molecule has 0 amide bonds. The van der Waals surface area contributed by atoms with Crippen LogP contribution in [0.3, 0.4) is 0 Å². The molecular weight excluding hydrogens is 405 g/mol. The Morgan fingerprint density at radius 1 is 1.08 bits per heavy atom. The second-order valence-electron chi connectivity index (χ2n) is 6.03. The molecule has 0 radical (unpaired) electrons. The van der Waals surface area contributed by atoms with Crippen LogP contribution in [0.2, 0.25) is 15.2 Å². The van der Waals surface area contributed by atoms with Gasteiger partial charge < -0.3 is 29.0 Å². The number of nitrogens with zero attached hydrogens (tertiary/aromatic N) is 1. The Bertz CT molecular complexity index is 955. The summed E-state index contributed by atoms with van der Waals surface area (Å²) in [7, 11) is 0. The Hall–Kier alpha value is -1.25. The van der Waals surface area contributed by atoms with Crippen LogP contribution in [0.5, 0.6) is 0 Å². The highest BCUT2D eigenvalue weighted by Gasteiger charge is 2.45. The first-order chi connectivity index (χ1) is 12.4. The van der Waals surface area contributed by atoms with E-state index in [1.54, 1.807) is 24.3 Å². The van der Waals surface area contributed by atoms with Crippen molar-refractivity contribution in [1.82, 2.24) is 4.57 Å². The van der Waals surface area contributed by atoms with Gasteiger partial charge in [0.15, 0.2) is 6.23 Å². The predicted molar refractivity (Wildman–Crippen MR) is 97.7 cm³/mol. The lowest BCUT2D eigenvalue weighted by Gasteiger charge is -2.19. The Labute approximate surface area is 163 Å². The maximum atomic E-state index is 10.4. The number of furan rings is 1. The zero-order valence-corrected chi connectivity index (χ0v) is 15.4. The molecule has 9 heteroatoms. The van der Waals surface area contributed by atoms with Gasteiger partial charge in [-0.25, -0.2) is 0 Å². The lowest BCUT2D eigenvalue weighted by molar-refractivity contribution is -0.0504. The van der Waals surface area contributed by atoms with Crippen LogP contribution in [0.1, 0.15) is 6.23 Å². The van der Waals surface area contributed by atoms with E-state index in [1.807, 2.05) is 0 Å². The quantitative estimate of drug-likeness (QED) is 0.606. The zero-order chi connectivity index (χ0) is 18.6. The van der Waals surface area contributed by atoms with Crippen molar-refractivity contribution in [1.29, 1.82) is 0 Å². The van der Waals surface area contributed by atoms with Crippen LogP contribution >= 0.6 is 34.8 Å². The second kappa shape index (κ2) is 6.73. The summed E-state index contributed by atoms with van der Waals surface area (Å²) in [5.74, 6) is 0.504. The van der Waals surface area contributed by atoms with Gasteiger partial charge in [-0.2, -0.15) is 0 Å². The fraction of sp³-hybridized carbons (Fsp3) is 0.294. The zero-order valence-electron chi connectivity index (χ0n) is 13.1. The average molecular weight is 419 g/mol. The number of aliphatic hydroxyl groups excluding tert-OH is 3. The monoisotopic (exact) mass is 417 g/mol. The smallest absolute Gasteiger partial charge is 0.164 e. The molecule has 3 N–H and O–H groups in total. The Balaban J connectivity index is 1.98. The van der Waals surface area contributed by atoms with Crippen LogP contribution in [0.4, 0.5) is 0 Å². The van der Waals surface area contributed by atoms with Crippen molar-refractivity contribution in [3.05, 3.63) is 45.7 Å². The molecule has 4 atom stereocenters. The van der Waals surface area contributed by atoms with Crippen molar-refractivity contribution in [3.63, 3.8) is 0 Å². The molecule has 0 aliphatic carbocycles. The summed E-state index contributed by atoms with van der Waals surface area (Å²) in [5, 5.41) is 31.4. The number of hydrogen-bond acceptors (Lipinski definition) is 5. The highest BCUT2D eigenvalue weighted by atomic mass is 35.5. The molecule has 2 aromatic heterocycles. The van der Waals surface area contributed by atoms with Crippen LogP contribution in [0.15, 0.2) is 34.9 Å². The fourth-order valence-electron chi connectivity index (χ4n) is 3.27. The Morgan fingerprint density at radius 3 is 2.42 bits per heavy atom. The van der Waals surface area contributed by atoms with Gasteiger partial charge in [-0.15, -0.1) is 0 Å². The van der Waals surface area contributed by atoms with E-state index >= 15 is 0 Å². The predicted octanol–water partition coefficient (Wildman–Crippen LogP) is 3.47. The van der Waals surface area contributed by atoms with Gasteiger partial charge in [-0.3, -0.25) is 0 Å².